The third-order valence-corrected chi connectivity index (χ3v) is 3.49. The average molecular weight is 310 g/mol. The number of hydrogen-bond donors (Lipinski definition) is 0. The lowest BCUT2D eigenvalue weighted by molar-refractivity contribution is 1.03. The van der Waals surface area contributed by atoms with E-state index in [0.29, 0.717) is 5.69 Å². The number of rotatable bonds is 1. The normalized spacial score (nSPS) is 10.6. The molecular formula is C10H4Cl4N2O. The van der Waals surface area contributed by atoms with Crippen molar-refractivity contribution >= 4 is 46.4 Å². The maximum Gasteiger partial charge on any atom is 0.181 e. The molecule has 2 aromatic heterocycles. The van der Waals surface area contributed by atoms with Crippen LogP contribution in [0.1, 0.15) is 0 Å². The van der Waals surface area contributed by atoms with Gasteiger partial charge in [0.1, 0.15) is 10.0 Å². The number of hydrogen-bond acceptors (Lipinski definition) is 2. The standard InChI is InChI=1S/C10H4Cl4N2O/c11-6-8(7(12)10(14)15-9(6)13)16-3-1-5(17)2-4-16/h1-4H. The summed E-state index contributed by atoms with van der Waals surface area (Å²) >= 11 is 23.6. The first-order valence-corrected chi connectivity index (χ1v) is 5.90. The summed E-state index contributed by atoms with van der Waals surface area (Å²) in [7, 11) is 0. The van der Waals surface area contributed by atoms with Crippen LogP contribution < -0.4 is 5.43 Å². The minimum atomic E-state index is -0.125. The van der Waals surface area contributed by atoms with E-state index in [4.69, 9.17) is 46.4 Å². The Morgan fingerprint density at radius 3 is 1.88 bits per heavy atom. The lowest BCUT2D eigenvalue weighted by atomic mass is 10.3. The van der Waals surface area contributed by atoms with Crippen LogP contribution in [0.2, 0.25) is 20.4 Å². The van der Waals surface area contributed by atoms with Gasteiger partial charge < -0.3 is 4.57 Å². The van der Waals surface area contributed by atoms with E-state index in [0.717, 1.165) is 0 Å². The SMILES string of the molecule is O=c1ccn(-c2c(Cl)c(Cl)nc(Cl)c2Cl)cc1. The zero-order chi connectivity index (χ0) is 12.6. The first-order valence-electron chi connectivity index (χ1n) is 4.39. The van der Waals surface area contributed by atoms with Gasteiger partial charge in [-0.25, -0.2) is 4.98 Å². The van der Waals surface area contributed by atoms with Gasteiger partial charge in [0.2, 0.25) is 0 Å². The number of aromatic nitrogens is 2. The lowest BCUT2D eigenvalue weighted by Crippen LogP contribution is -2.04. The van der Waals surface area contributed by atoms with Gasteiger partial charge in [-0.3, -0.25) is 4.79 Å². The summed E-state index contributed by atoms with van der Waals surface area (Å²) in [6.07, 6.45) is 3.03. The van der Waals surface area contributed by atoms with Crippen LogP contribution in [0, 0.1) is 0 Å². The molecule has 0 radical (unpaired) electrons. The molecule has 0 N–H and O–H groups in total. The highest BCUT2D eigenvalue weighted by Gasteiger charge is 2.16. The van der Waals surface area contributed by atoms with E-state index in [1.165, 1.54) is 24.5 Å². The van der Waals surface area contributed by atoms with Crippen LogP contribution >= 0.6 is 46.4 Å². The Kier molecular flexibility index (Phi) is 3.64. The van der Waals surface area contributed by atoms with E-state index in [-0.39, 0.29) is 25.8 Å². The molecule has 0 atom stereocenters. The van der Waals surface area contributed by atoms with Crippen molar-refractivity contribution in [2.24, 2.45) is 0 Å². The Morgan fingerprint density at radius 1 is 0.941 bits per heavy atom. The van der Waals surface area contributed by atoms with Crippen molar-refractivity contribution in [2.75, 3.05) is 0 Å². The summed E-state index contributed by atoms with van der Waals surface area (Å²) in [6, 6.07) is 2.74. The average Bonchev–Trinajstić information content (AvgIpc) is 2.29. The summed E-state index contributed by atoms with van der Waals surface area (Å²) in [4.78, 5) is 14.8. The van der Waals surface area contributed by atoms with Crippen molar-refractivity contribution in [2.45, 2.75) is 0 Å². The van der Waals surface area contributed by atoms with Crippen LogP contribution in [0.15, 0.2) is 29.3 Å². The molecule has 2 rings (SSSR count). The van der Waals surface area contributed by atoms with Crippen molar-refractivity contribution in [3.8, 4) is 5.69 Å². The van der Waals surface area contributed by atoms with Crippen LogP contribution in [-0.2, 0) is 0 Å². The summed E-state index contributed by atoms with van der Waals surface area (Å²) in [5, 5.41) is 0.443. The highest BCUT2D eigenvalue weighted by Crippen LogP contribution is 2.36. The van der Waals surface area contributed by atoms with Gasteiger partial charge in [-0.1, -0.05) is 46.4 Å². The fourth-order valence-corrected chi connectivity index (χ4v) is 2.17. The van der Waals surface area contributed by atoms with E-state index in [2.05, 4.69) is 4.98 Å². The Labute approximate surface area is 117 Å². The fraction of sp³-hybridized carbons (Fsp3) is 0. The number of pyridine rings is 2. The molecule has 3 nitrogen and oxygen atoms in total. The molecule has 2 heterocycles. The molecule has 0 saturated carbocycles. The second-order valence-electron chi connectivity index (χ2n) is 3.11. The molecule has 2 aromatic rings. The Hall–Kier alpha value is -0.740. The lowest BCUT2D eigenvalue weighted by Gasteiger charge is -2.11. The molecule has 17 heavy (non-hydrogen) atoms. The van der Waals surface area contributed by atoms with Crippen LogP contribution in [-0.4, -0.2) is 9.55 Å². The number of nitrogens with zero attached hydrogens (tertiary/aromatic N) is 2. The third-order valence-electron chi connectivity index (χ3n) is 2.03. The zero-order valence-corrected chi connectivity index (χ0v) is 11.1. The van der Waals surface area contributed by atoms with Gasteiger partial charge in [0.15, 0.2) is 15.7 Å². The number of halogens is 4. The van der Waals surface area contributed by atoms with Crippen LogP contribution in [0.3, 0.4) is 0 Å². The molecule has 88 valence electrons. The van der Waals surface area contributed by atoms with E-state index in [9.17, 15) is 4.79 Å². The maximum atomic E-state index is 11.0. The summed E-state index contributed by atoms with van der Waals surface area (Å²) in [5.74, 6) is 0. The monoisotopic (exact) mass is 308 g/mol. The highest BCUT2D eigenvalue weighted by atomic mass is 35.5. The Balaban J connectivity index is 2.74. The smallest absolute Gasteiger partial charge is 0.181 e. The van der Waals surface area contributed by atoms with Crippen molar-refractivity contribution in [3.63, 3.8) is 0 Å². The molecule has 0 fully saturated rings. The van der Waals surface area contributed by atoms with Gasteiger partial charge in [-0.05, 0) is 0 Å². The van der Waals surface area contributed by atoms with Gasteiger partial charge in [0.25, 0.3) is 0 Å². The van der Waals surface area contributed by atoms with E-state index in [1.54, 1.807) is 4.57 Å². The molecule has 0 amide bonds. The molecule has 0 aliphatic carbocycles. The predicted octanol–water partition coefficient (Wildman–Crippen LogP) is 3.85. The summed E-state index contributed by atoms with van der Waals surface area (Å²) in [6.45, 7) is 0. The molecule has 0 bridgehead atoms. The van der Waals surface area contributed by atoms with Crippen molar-refractivity contribution in [1.29, 1.82) is 0 Å². The summed E-state index contributed by atoms with van der Waals surface area (Å²) < 4.78 is 1.55. The molecule has 0 aromatic carbocycles. The van der Waals surface area contributed by atoms with Crippen molar-refractivity contribution < 1.29 is 0 Å². The van der Waals surface area contributed by atoms with Gasteiger partial charge in [-0.15, -0.1) is 0 Å². The molecule has 0 unspecified atom stereocenters. The maximum absolute atomic E-state index is 11.0. The molecular weight excluding hydrogens is 306 g/mol. The van der Waals surface area contributed by atoms with Crippen LogP contribution in [0.25, 0.3) is 5.69 Å². The minimum Gasteiger partial charge on any atom is -0.321 e. The molecule has 0 aliphatic rings. The van der Waals surface area contributed by atoms with Crippen molar-refractivity contribution in [3.05, 3.63) is 55.1 Å². The van der Waals surface area contributed by atoms with Gasteiger partial charge >= 0.3 is 0 Å². The quantitative estimate of drug-likeness (QED) is 0.750. The molecule has 0 aliphatic heterocycles. The Morgan fingerprint density at radius 2 is 1.41 bits per heavy atom. The fourth-order valence-electron chi connectivity index (χ4n) is 1.26. The molecule has 0 spiro atoms. The minimum absolute atomic E-state index is 0.0507. The molecule has 0 saturated heterocycles. The van der Waals surface area contributed by atoms with Crippen LogP contribution in [0.5, 0.6) is 0 Å². The van der Waals surface area contributed by atoms with Crippen molar-refractivity contribution in [1.82, 2.24) is 9.55 Å². The first-order chi connectivity index (χ1) is 8.00. The van der Waals surface area contributed by atoms with Gasteiger partial charge in [0, 0.05) is 24.5 Å². The predicted molar refractivity (Wildman–Crippen MR) is 69.9 cm³/mol. The second kappa shape index (κ2) is 4.86. The molecule has 7 heteroatoms. The third kappa shape index (κ3) is 2.43. The van der Waals surface area contributed by atoms with E-state index >= 15 is 0 Å². The van der Waals surface area contributed by atoms with Gasteiger partial charge in [-0.2, -0.15) is 0 Å². The second-order valence-corrected chi connectivity index (χ2v) is 4.58. The first kappa shape index (κ1) is 12.7. The highest BCUT2D eigenvalue weighted by molar-refractivity contribution is 6.47. The largest absolute Gasteiger partial charge is 0.321 e. The van der Waals surface area contributed by atoms with E-state index in [1.807, 2.05) is 0 Å². The van der Waals surface area contributed by atoms with Gasteiger partial charge in [0.05, 0.1) is 5.69 Å². The Bertz CT molecular complexity index is 592. The van der Waals surface area contributed by atoms with Crippen LogP contribution in [0.4, 0.5) is 0 Å². The zero-order valence-electron chi connectivity index (χ0n) is 8.12. The topological polar surface area (TPSA) is 34.9 Å². The summed E-state index contributed by atoms with van der Waals surface area (Å²) in [5.41, 5.74) is 0.262. The van der Waals surface area contributed by atoms with E-state index < -0.39 is 0 Å².